The molecule has 1 N–H and O–H groups in total. The van der Waals surface area contributed by atoms with Crippen LogP contribution in [0.3, 0.4) is 0 Å². The molecule has 2 rings (SSSR count). The van der Waals surface area contributed by atoms with Gasteiger partial charge in [0.2, 0.25) is 0 Å². The lowest BCUT2D eigenvalue weighted by Gasteiger charge is -2.20. The second kappa shape index (κ2) is 5.66. The van der Waals surface area contributed by atoms with Crippen LogP contribution >= 0.6 is 11.6 Å². The van der Waals surface area contributed by atoms with Gasteiger partial charge < -0.3 is 5.32 Å². The molecular formula is C17H20ClN. The largest absolute Gasteiger partial charge is 0.378 e. The third-order valence-electron chi connectivity index (χ3n) is 3.41. The topological polar surface area (TPSA) is 12.0 Å². The van der Waals surface area contributed by atoms with E-state index in [1.54, 1.807) is 0 Å². The third kappa shape index (κ3) is 3.10. The quantitative estimate of drug-likeness (QED) is 0.785. The van der Waals surface area contributed by atoms with Gasteiger partial charge in [-0.15, -0.1) is 0 Å². The number of nitrogens with one attached hydrogen (secondary N) is 1. The molecule has 1 unspecified atom stereocenters. The average molecular weight is 274 g/mol. The highest BCUT2D eigenvalue weighted by molar-refractivity contribution is 6.31. The summed E-state index contributed by atoms with van der Waals surface area (Å²) in [6.45, 7) is 8.55. The minimum Gasteiger partial charge on any atom is -0.378 e. The number of anilines is 1. The maximum atomic E-state index is 6.25. The summed E-state index contributed by atoms with van der Waals surface area (Å²) in [4.78, 5) is 0. The van der Waals surface area contributed by atoms with Gasteiger partial charge in [-0.3, -0.25) is 0 Å². The Balaban J connectivity index is 2.29. The zero-order valence-electron chi connectivity index (χ0n) is 11.9. The van der Waals surface area contributed by atoms with Crippen LogP contribution < -0.4 is 5.32 Å². The number of halogens is 1. The molecule has 0 aliphatic carbocycles. The molecule has 1 nitrogen and oxygen atoms in total. The minimum atomic E-state index is 0.189. The summed E-state index contributed by atoms with van der Waals surface area (Å²) in [5.74, 6) is 0. The van der Waals surface area contributed by atoms with Crippen LogP contribution in [0.1, 0.15) is 35.2 Å². The van der Waals surface area contributed by atoms with Crippen molar-refractivity contribution in [3.8, 4) is 0 Å². The predicted molar refractivity (Wildman–Crippen MR) is 84.1 cm³/mol. The summed E-state index contributed by atoms with van der Waals surface area (Å²) in [5, 5.41) is 4.39. The fourth-order valence-corrected chi connectivity index (χ4v) is 2.83. The molecule has 1 atom stereocenters. The van der Waals surface area contributed by atoms with Crippen LogP contribution in [0.2, 0.25) is 5.02 Å². The molecular weight excluding hydrogens is 254 g/mol. The van der Waals surface area contributed by atoms with Crippen LogP contribution in [0.4, 0.5) is 5.69 Å². The lowest BCUT2D eigenvalue weighted by molar-refractivity contribution is 0.880. The van der Waals surface area contributed by atoms with E-state index in [0.29, 0.717) is 0 Å². The van der Waals surface area contributed by atoms with Gasteiger partial charge in [0.05, 0.1) is 6.04 Å². The minimum absolute atomic E-state index is 0.189. The van der Waals surface area contributed by atoms with Crippen LogP contribution in [0.25, 0.3) is 0 Å². The molecule has 0 aromatic heterocycles. The van der Waals surface area contributed by atoms with E-state index in [1.165, 1.54) is 22.4 Å². The molecule has 2 aromatic rings. The molecule has 0 saturated heterocycles. The van der Waals surface area contributed by atoms with Gasteiger partial charge in [-0.1, -0.05) is 47.5 Å². The Morgan fingerprint density at radius 3 is 2.16 bits per heavy atom. The van der Waals surface area contributed by atoms with Gasteiger partial charge in [0.25, 0.3) is 0 Å². The lowest BCUT2D eigenvalue weighted by Crippen LogP contribution is -2.09. The number of rotatable bonds is 3. The van der Waals surface area contributed by atoms with Crippen molar-refractivity contribution in [2.45, 2.75) is 33.7 Å². The molecule has 0 aliphatic heterocycles. The highest BCUT2D eigenvalue weighted by atomic mass is 35.5. The van der Waals surface area contributed by atoms with E-state index in [0.717, 1.165) is 10.6 Å². The smallest absolute Gasteiger partial charge is 0.0500 e. The first kappa shape index (κ1) is 14.0. The predicted octanol–water partition coefficient (Wildman–Crippen LogP) is 5.44. The van der Waals surface area contributed by atoms with Crippen molar-refractivity contribution in [1.82, 2.24) is 0 Å². The third-order valence-corrected chi connectivity index (χ3v) is 3.75. The van der Waals surface area contributed by atoms with Crippen LogP contribution in [0.5, 0.6) is 0 Å². The highest BCUT2D eigenvalue weighted by Crippen LogP contribution is 2.29. The Bertz CT molecular complexity index is 567. The van der Waals surface area contributed by atoms with Crippen LogP contribution in [0.15, 0.2) is 36.4 Å². The van der Waals surface area contributed by atoms with Gasteiger partial charge >= 0.3 is 0 Å². The zero-order chi connectivity index (χ0) is 14.0. The van der Waals surface area contributed by atoms with Crippen LogP contribution in [-0.2, 0) is 0 Å². The van der Waals surface area contributed by atoms with Crippen molar-refractivity contribution < 1.29 is 0 Å². The monoisotopic (exact) mass is 273 g/mol. The van der Waals surface area contributed by atoms with E-state index in [4.69, 9.17) is 11.6 Å². The van der Waals surface area contributed by atoms with Crippen molar-refractivity contribution in [3.63, 3.8) is 0 Å². The zero-order valence-corrected chi connectivity index (χ0v) is 12.7. The van der Waals surface area contributed by atoms with Crippen molar-refractivity contribution in [2.24, 2.45) is 0 Å². The standard InChI is InChI=1S/C17H20ClN/c1-11-9-12(2)17(13(3)10-11)19-14(4)15-7-5-6-8-16(15)18/h5-10,14,19H,1-4H3. The molecule has 0 radical (unpaired) electrons. The van der Waals surface area contributed by atoms with Crippen LogP contribution in [-0.4, -0.2) is 0 Å². The lowest BCUT2D eigenvalue weighted by atomic mass is 10.0. The normalized spacial score (nSPS) is 12.3. The van der Waals surface area contributed by atoms with Gasteiger partial charge in [-0.2, -0.15) is 0 Å². The van der Waals surface area contributed by atoms with Gasteiger partial charge in [0, 0.05) is 10.7 Å². The number of hydrogen-bond donors (Lipinski definition) is 1. The van der Waals surface area contributed by atoms with Crippen molar-refractivity contribution in [1.29, 1.82) is 0 Å². The summed E-state index contributed by atoms with van der Waals surface area (Å²) >= 11 is 6.25. The van der Waals surface area contributed by atoms with E-state index >= 15 is 0 Å². The maximum absolute atomic E-state index is 6.25. The Kier molecular flexibility index (Phi) is 4.16. The molecule has 2 aromatic carbocycles. The average Bonchev–Trinajstić information content (AvgIpc) is 2.34. The van der Waals surface area contributed by atoms with Crippen molar-refractivity contribution in [2.75, 3.05) is 5.32 Å². The van der Waals surface area contributed by atoms with Crippen molar-refractivity contribution in [3.05, 3.63) is 63.7 Å². The molecule has 2 heteroatoms. The van der Waals surface area contributed by atoms with Gasteiger partial charge in [0.1, 0.15) is 0 Å². The summed E-state index contributed by atoms with van der Waals surface area (Å²) in [5.41, 5.74) is 6.18. The molecule has 0 heterocycles. The second-order valence-electron chi connectivity index (χ2n) is 5.16. The van der Waals surface area contributed by atoms with Gasteiger partial charge in [-0.05, 0) is 50.5 Å². The van der Waals surface area contributed by atoms with Gasteiger partial charge in [0.15, 0.2) is 0 Å². The molecule has 0 saturated carbocycles. The SMILES string of the molecule is Cc1cc(C)c(NC(C)c2ccccc2Cl)c(C)c1. The molecule has 0 aliphatic rings. The first-order valence-corrected chi connectivity index (χ1v) is 6.95. The number of aryl methyl sites for hydroxylation is 3. The first-order chi connectivity index (χ1) is 8.99. The highest BCUT2D eigenvalue weighted by Gasteiger charge is 2.11. The van der Waals surface area contributed by atoms with E-state index < -0.39 is 0 Å². The van der Waals surface area contributed by atoms with Gasteiger partial charge in [-0.25, -0.2) is 0 Å². The van der Waals surface area contributed by atoms with E-state index in [1.807, 2.05) is 18.2 Å². The Labute approximate surface area is 120 Å². The maximum Gasteiger partial charge on any atom is 0.0500 e. The van der Waals surface area contributed by atoms with E-state index in [2.05, 4.69) is 51.2 Å². The van der Waals surface area contributed by atoms with E-state index in [-0.39, 0.29) is 6.04 Å². The summed E-state index contributed by atoms with van der Waals surface area (Å²) in [6.07, 6.45) is 0. The van der Waals surface area contributed by atoms with E-state index in [9.17, 15) is 0 Å². The summed E-state index contributed by atoms with van der Waals surface area (Å²) < 4.78 is 0. The fourth-order valence-electron chi connectivity index (χ4n) is 2.53. The summed E-state index contributed by atoms with van der Waals surface area (Å²) in [6, 6.07) is 12.6. The molecule has 0 amide bonds. The number of benzene rings is 2. The second-order valence-corrected chi connectivity index (χ2v) is 5.57. The Morgan fingerprint density at radius 1 is 1.00 bits per heavy atom. The fraction of sp³-hybridized carbons (Fsp3) is 0.294. The number of hydrogen-bond acceptors (Lipinski definition) is 1. The Hall–Kier alpha value is -1.47. The summed E-state index contributed by atoms with van der Waals surface area (Å²) in [7, 11) is 0. The molecule has 0 bridgehead atoms. The first-order valence-electron chi connectivity index (χ1n) is 6.58. The molecule has 0 spiro atoms. The van der Waals surface area contributed by atoms with Crippen LogP contribution in [0, 0.1) is 20.8 Å². The van der Waals surface area contributed by atoms with Crippen molar-refractivity contribution >= 4 is 17.3 Å². The molecule has 19 heavy (non-hydrogen) atoms. The molecule has 100 valence electrons. The molecule has 0 fully saturated rings. The Morgan fingerprint density at radius 2 is 1.58 bits per heavy atom.